The highest BCUT2D eigenvalue weighted by molar-refractivity contribution is 5.44. The Morgan fingerprint density at radius 2 is 2.11 bits per heavy atom. The molecule has 0 amide bonds. The summed E-state index contributed by atoms with van der Waals surface area (Å²) in [5.41, 5.74) is 7.22. The highest BCUT2D eigenvalue weighted by atomic mass is 16.5. The molecule has 4 nitrogen and oxygen atoms in total. The lowest BCUT2D eigenvalue weighted by atomic mass is 9.82. The van der Waals surface area contributed by atoms with Gasteiger partial charge in [-0.3, -0.25) is 0 Å². The highest BCUT2D eigenvalue weighted by Gasteiger charge is 2.41. The molecule has 2 aliphatic rings. The molecule has 0 unspecified atom stereocenters. The molecule has 2 N–H and O–H groups in total. The third-order valence-corrected chi connectivity index (χ3v) is 3.94. The third-order valence-electron chi connectivity index (χ3n) is 3.94. The summed E-state index contributed by atoms with van der Waals surface area (Å²) >= 11 is 0. The molecule has 1 atom stereocenters. The van der Waals surface area contributed by atoms with Crippen molar-refractivity contribution in [2.45, 2.75) is 30.9 Å². The summed E-state index contributed by atoms with van der Waals surface area (Å²) in [5, 5.41) is 0. The van der Waals surface area contributed by atoms with Gasteiger partial charge in [0, 0.05) is 30.9 Å². The second-order valence-electron chi connectivity index (χ2n) is 5.11. The molecule has 1 fully saturated rings. The first-order valence-electron chi connectivity index (χ1n) is 6.43. The summed E-state index contributed by atoms with van der Waals surface area (Å²) in [7, 11) is 1.66. The van der Waals surface area contributed by atoms with Gasteiger partial charge in [-0.15, -0.1) is 0 Å². The number of ether oxygens (including phenoxy) is 3. The van der Waals surface area contributed by atoms with Crippen LogP contribution < -0.4 is 15.2 Å². The van der Waals surface area contributed by atoms with Crippen molar-refractivity contribution >= 4 is 0 Å². The van der Waals surface area contributed by atoms with E-state index in [-0.39, 0.29) is 11.6 Å². The fourth-order valence-electron chi connectivity index (χ4n) is 2.87. The quantitative estimate of drug-likeness (QED) is 0.827. The Labute approximate surface area is 107 Å². The molecule has 0 saturated carbocycles. The summed E-state index contributed by atoms with van der Waals surface area (Å²) in [4.78, 5) is 0. The van der Waals surface area contributed by atoms with Gasteiger partial charge in [-0.1, -0.05) is 0 Å². The van der Waals surface area contributed by atoms with Crippen LogP contribution in [0.1, 0.15) is 30.9 Å². The van der Waals surface area contributed by atoms with Gasteiger partial charge in [0.1, 0.15) is 17.1 Å². The van der Waals surface area contributed by atoms with Crippen LogP contribution >= 0.6 is 0 Å². The average molecular weight is 249 g/mol. The van der Waals surface area contributed by atoms with Crippen molar-refractivity contribution in [3.63, 3.8) is 0 Å². The molecule has 4 heteroatoms. The predicted octanol–water partition coefficient (Wildman–Crippen LogP) is 2.03. The molecule has 2 aliphatic heterocycles. The van der Waals surface area contributed by atoms with Gasteiger partial charge in [0.15, 0.2) is 0 Å². The third kappa shape index (κ3) is 1.95. The first-order valence-corrected chi connectivity index (χ1v) is 6.43. The SMILES string of the molecule is COc1ccc2c(c1)[C@H](N)CC1(CCOCC1)O2. The lowest BCUT2D eigenvalue weighted by molar-refractivity contribution is -0.0621. The van der Waals surface area contributed by atoms with Crippen LogP contribution in [0.15, 0.2) is 18.2 Å². The zero-order chi connectivity index (χ0) is 12.6. The van der Waals surface area contributed by atoms with Crippen LogP contribution in [0.25, 0.3) is 0 Å². The number of methoxy groups -OCH3 is 1. The van der Waals surface area contributed by atoms with E-state index in [1.807, 2.05) is 18.2 Å². The van der Waals surface area contributed by atoms with Crippen molar-refractivity contribution in [3.05, 3.63) is 23.8 Å². The van der Waals surface area contributed by atoms with E-state index in [2.05, 4.69) is 0 Å². The first kappa shape index (κ1) is 11.8. The molecule has 1 aromatic carbocycles. The summed E-state index contributed by atoms with van der Waals surface area (Å²) in [5.74, 6) is 1.73. The Bertz CT molecular complexity index is 441. The minimum atomic E-state index is -0.126. The van der Waals surface area contributed by atoms with E-state index in [9.17, 15) is 0 Å². The Kier molecular flexibility index (Phi) is 2.92. The molecule has 0 radical (unpaired) electrons. The van der Waals surface area contributed by atoms with Gasteiger partial charge >= 0.3 is 0 Å². The molecule has 1 aromatic rings. The van der Waals surface area contributed by atoms with Crippen molar-refractivity contribution in [2.75, 3.05) is 20.3 Å². The van der Waals surface area contributed by atoms with Gasteiger partial charge < -0.3 is 19.9 Å². The molecule has 1 saturated heterocycles. The number of rotatable bonds is 1. The largest absolute Gasteiger partial charge is 0.497 e. The Morgan fingerprint density at radius 3 is 2.83 bits per heavy atom. The van der Waals surface area contributed by atoms with Gasteiger partial charge in [0.2, 0.25) is 0 Å². The van der Waals surface area contributed by atoms with E-state index >= 15 is 0 Å². The van der Waals surface area contributed by atoms with Gasteiger partial charge in [0.25, 0.3) is 0 Å². The van der Waals surface area contributed by atoms with E-state index in [0.29, 0.717) is 0 Å². The summed E-state index contributed by atoms with van der Waals surface area (Å²) in [6.07, 6.45) is 2.70. The van der Waals surface area contributed by atoms with Gasteiger partial charge in [-0.2, -0.15) is 0 Å². The van der Waals surface area contributed by atoms with E-state index in [4.69, 9.17) is 19.9 Å². The Morgan fingerprint density at radius 1 is 1.33 bits per heavy atom. The lowest BCUT2D eigenvalue weighted by Crippen LogP contribution is -2.47. The minimum absolute atomic E-state index is 0.0157. The van der Waals surface area contributed by atoms with E-state index in [1.54, 1.807) is 7.11 Å². The van der Waals surface area contributed by atoms with Crippen LogP contribution in [0.5, 0.6) is 11.5 Å². The number of hydrogen-bond acceptors (Lipinski definition) is 4. The molecule has 0 aromatic heterocycles. The van der Waals surface area contributed by atoms with Crippen LogP contribution in [-0.2, 0) is 4.74 Å². The van der Waals surface area contributed by atoms with E-state index in [1.165, 1.54) is 0 Å². The molecular weight excluding hydrogens is 230 g/mol. The van der Waals surface area contributed by atoms with E-state index in [0.717, 1.165) is 49.5 Å². The molecule has 18 heavy (non-hydrogen) atoms. The first-order chi connectivity index (χ1) is 8.72. The monoisotopic (exact) mass is 249 g/mol. The minimum Gasteiger partial charge on any atom is -0.497 e. The topological polar surface area (TPSA) is 53.7 Å². The van der Waals surface area contributed by atoms with Crippen molar-refractivity contribution < 1.29 is 14.2 Å². The molecule has 0 bridgehead atoms. The zero-order valence-electron chi connectivity index (χ0n) is 10.6. The van der Waals surface area contributed by atoms with E-state index < -0.39 is 0 Å². The molecule has 3 rings (SSSR count). The Balaban J connectivity index is 1.92. The van der Waals surface area contributed by atoms with Gasteiger partial charge in [-0.25, -0.2) is 0 Å². The summed E-state index contributed by atoms with van der Waals surface area (Å²) in [6.45, 7) is 1.52. The predicted molar refractivity (Wildman–Crippen MR) is 68.0 cm³/mol. The van der Waals surface area contributed by atoms with Crippen LogP contribution in [-0.4, -0.2) is 25.9 Å². The Hall–Kier alpha value is -1.26. The van der Waals surface area contributed by atoms with Crippen molar-refractivity contribution in [2.24, 2.45) is 5.73 Å². The second-order valence-corrected chi connectivity index (χ2v) is 5.11. The van der Waals surface area contributed by atoms with Crippen LogP contribution in [0.2, 0.25) is 0 Å². The maximum Gasteiger partial charge on any atom is 0.125 e. The maximum absolute atomic E-state index is 6.30. The zero-order valence-corrected chi connectivity index (χ0v) is 10.6. The molecule has 2 heterocycles. The summed E-state index contributed by atoms with van der Waals surface area (Å²) in [6, 6.07) is 5.88. The fourth-order valence-corrected chi connectivity index (χ4v) is 2.87. The fraction of sp³-hybridized carbons (Fsp3) is 0.571. The number of hydrogen-bond donors (Lipinski definition) is 1. The van der Waals surface area contributed by atoms with Gasteiger partial charge in [-0.05, 0) is 18.2 Å². The normalized spacial score (nSPS) is 25.3. The van der Waals surface area contributed by atoms with Crippen molar-refractivity contribution in [1.82, 2.24) is 0 Å². The number of fused-ring (bicyclic) bond motifs is 1. The highest BCUT2D eigenvalue weighted by Crippen LogP contribution is 2.43. The molecule has 98 valence electrons. The lowest BCUT2D eigenvalue weighted by Gasteiger charge is -2.43. The van der Waals surface area contributed by atoms with Gasteiger partial charge in [0.05, 0.1) is 20.3 Å². The van der Waals surface area contributed by atoms with Crippen LogP contribution in [0, 0.1) is 0 Å². The van der Waals surface area contributed by atoms with Crippen molar-refractivity contribution in [1.29, 1.82) is 0 Å². The molecule has 1 spiro atoms. The standard InChI is InChI=1S/C14H19NO3/c1-16-10-2-3-13-11(8-10)12(15)9-14(18-13)4-6-17-7-5-14/h2-3,8,12H,4-7,9,15H2,1H3/t12-/m1/s1. The molecular formula is C14H19NO3. The second kappa shape index (κ2) is 4.44. The maximum atomic E-state index is 6.30. The average Bonchev–Trinajstić information content (AvgIpc) is 2.39. The van der Waals surface area contributed by atoms with Crippen LogP contribution in [0.3, 0.4) is 0 Å². The molecule has 0 aliphatic carbocycles. The number of nitrogens with two attached hydrogens (primary N) is 1. The number of benzene rings is 1. The summed E-state index contributed by atoms with van der Waals surface area (Å²) < 4.78 is 16.9. The smallest absolute Gasteiger partial charge is 0.125 e. The van der Waals surface area contributed by atoms with Crippen molar-refractivity contribution in [3.8, 4) is 11.5 Å². The van der Waals surface area contributed by atoms with Crippen LogP contribution in [0.4, 0.5) is 0 Å².